The van der Waals surface area contributed by atoms with Crippen molar-refractivity contribution in [2.45, 2.75) is 51.2 Å². The van der Waals surface area contributed by atoms with Crippen molar-refractivity contribution >= 4 is 11.9 Å². The van der Waals surface area contributed by atoms with Gasteiger partial charge in [-0.05, 0) is 56.0 Å². The van der Waals surface area contributed by atoms with Crippen molar-refractivity contribution in [1.29, 1.82) is 0 Å². The molecule has 0 aromatic heterocycles. The average Bonchev–Trinajstić information content (AvgIpc) is 2.74. The molecular formula is C24H29NO5. The molecule has 1 saturated carbocycles. The van der Waals surface area contributed by atoms with Crippen molar-refractivity contribution in [3.8, 4) is 11.5 Å². The minimum atomic E-state index is -0.284. The van der Waals surface area contributed by atoms with Gasteiger partial charge in [0.1, 0.15) is 6.10 Å². The second-order valence-corrected chi connectivity index (χ2v) is 7.71. The second kappa shape index (κ2) is 9.65. The number of carbonyl (C=O) groups is 2. The van der Waals surface area contributed by atoms with Gasteiger partial charge in [0, 0.05) is 24.4 Å². The number of ether oxygens (including phenoxy) is 3. The van der Waals surface area contributed by atoms with Gasteiger partial charge in [0.15, 0.2) is 11.5 Å². The van der Waals surface area contributed by atoms with Crippen molar-refractivity contribution < 1.29 is 23.8 Å². The lowest BCUT2D eigenvalue weighted by Crippen LogP contribution is -2.44. The molecule has 1 aliphatic rings. The molecule has 6 nitrogen and oxygen atoms in total. The molecule has 2 aromatic carbocycles. The van der Waals surface area contributed by atoms with Crippen LogP contribution < -0.4 is 14.8 Å². The van der Waals surface area contributed by atoms with Gasteiger partial charge >= 0.3 is 5.97 Å². The third kappa shape index (κ3) is 5.12. The summed E-state index contributed by atoms with van der Waals surface area (Å²) in [7, 11) is 3.19. The molecule has 1 fully saturated rings. The van der Waals surface area contributed by atoms with E-state index in [1.807, 2.05) is 49.4 Å². The summed E-state index contributed by atoms with van der Waals surface area (Å²) in [6, 6.07) is 13.2. The Labute approximate surface area is 177 Å². The lowest BCUT2D eigenvalue weighted by atomic mass is 9.78. The highest BCUT2D eigenvalue weighted by molar-refractivity contribution is 5.94. The smallest absolute Gasteiger partial charge is 0.302 e. The van der Waals surface area contributed by atoms with Gasteiger partial charge in [0.2, 0.25) is 0 Å². The Morgan fingerprint density at radius 1 is 0.967 bits per heavy atom. The van der Waals surface area contributed by atoms with Crippen molar-refractivity contribution in [1.82, 2.24) is 5.32 Å². The molecule has 0 spiro atoms. The topological polar surface area (TPSA) is 73.9 Å². The summed E-state index contributed by atoms with van der Waals surface area (Å²) < 4.78 is 16.3. The van der Waals surface area contributed by atoms with E-state index in [1.54, 1.807) is 14.2 Å². The summed E-state index contributed by atoms with van der Waals surface area (Å²) in [5.74, 6) is 0.879. The number of benzene rings is 2. The van der Waals surface area contributed by atoms with Gasteiger partial charge in [-0.2, -0.15) is 0 Å². The molecular weight excluding hydrogens is 382 g/mol. The summed E-state index contributed by atoms with van der Waals surface area (Å²) in [5, 5.41) is 3.19. The largest absolute Gasteiger partial charge is 0.493 e. The standard InChI is InChI=1S/C24H29NO5/c1-15-5-7-17(8-6-15)24(27)25-21-11-10-19(30-16(2)26)14-20(21)18-9-12-22(28-3)23(13-18)29-4/h5-9,12-13,19-21H,10-11,14H2,1-4H3,(H,25,27). The summed E-state index contributed by atoms with van der Waals surface area (Å²) in [4.78, 5) is 24.3. The Morgan fingerprint density at radius 3 is 2.30 bits per heavy atom. The first kappa shape index (κ1) is 21.7. The summed E-state index contributed by atoms with van der Waals surface area (Å²) in [6.07, 6.45) is 1.89. The third-order valence-corrected chi connectivity index (χ3v) is 5.60. The van der Waals surface area contributed by atoms with Crippen LogP contribution in [0.1, 0.15) is 53.6 Å². The quantitative estimate of drug-likeness (QED) is 0.727. The maximum atomic E-state index is 12.8. The van der Waals surface area contributed by atoms with Crippen LogP contribution in [0.3, 0.4) is 0 Å². The van der Waals surface area contributed by atoms with Crippen molar-refractivity contribution in [2.75, 3.05) is 14.2 Å². The Kier molecular flexibility index (Phi) is 6.98. The predicted molar refractivity (Wildman–Crippen MR) is 114 cm³/mol. The number of hydrogen-bond acceptors (Lipinski definition) is 5. The third-order valence-electron chi connectivity index (χ3n) is 5.60. The maximum Gasteiger partial charge on any atom is 0.302 e. The molecule has 2 aromatic rings. The molecule has 3 atom stereocenters. The molecule has 0 aliphatic heterocycles. The molecule has 6 heteroatoms. The first-order valence-electron chi connectivity index (χ1n) is 10.2. The molecule has 30 heavy (non-hydrogen) atoms. The van der Waals surface area contributed by atoms with Gasteiger partial charge < -0.3 is 19.5 Å². The second-order valence-electron chi connectivity index (χ2n) is 7.71. The summed E-state index contributed by atoms with van der Waals surface area (Å²) in [6.45, 7) is 3.42. The molecule has 1 N–H and O–H groups in total. The number of esters is 1. The predicted octanol–water partition coefficient (Wildman–Crippen LogP) is 4.01. The van der Waals surface area contributed by atoms with E-state index in [0.29, 0.717) is 36.3 Å². The van der Waals surface area contributed by atoms with E-state index in [1.165, 1.54) is 6.92 Å². The van der Waals surface area contributed by atoms with Crippen molar-refractivity contribution in [2.24, 2.45) is 0 Å². The van der Waals surface area contributed by atoms with Crippen LogP contribution in [0.4, 0.5) is 0 Å². The van der Waals surface area contributed by atoms with E-state index in [4.69, 9.17) is 14.2 Å². The highest BCUT2D eigenvalue weighted by atomic mass is 16.5. The van der Waals surface area contributed by atoms with Crippen LogP contribution in [-0.4, -0.2) is 38.2 Å². The number of nitrogens with one attached hydrogen (secondary N) is 1. The normalized spacial score (nSPS) is 20.9. The number of aryl methyl sites for hydroxylation is 1. The van der Waals surface area contributed by atoms with E-state index in [-0.39, 0.29) is 29.9 Å². The van der Waals surface area contributed by atoms with Gasteiger partial charge in [-0.1, -0.05) is 23.8 Å². The van der Waals surface area contributed by atoms with E-state index in [0.717, 1.165) is 11.1 Å². The Morgan fingerprint density at radius 2 is 1.67 bits per heavy atom. The molecule has 0 bridgehead atoms. The highest BCUT2D eigenvalue weighted by Crippen LogP contribution is 2.38. The fourth-order valence-electron chi connectivity index (χ4n) is 4.05. The van der Waals surface area contributed by atoms with E-state index >= 15 is 0 Å². The molecule has 0 saturated heterocycles. The SMILES string of the molecule is COc1ccc(C2CC(OC(C)=O)CCC2NC(=O)c2ccc(C)cc2)cc1OC. The number of carbonyl (C=O) groups excluding carboxylic acids is 2. The van der Waals surface area contributed by atoms with Gasteiger partial charge in [-0.15, -0.1) is 0 Å². The Balaban J connectivity index is 1.85. The summed E-state index contributed by atoms with van der Waals surface area (Å²) in [5.41, 5.74) is 2.75. The molecule has 1 amide bonds. The van der Waals surface area contributed by atoms with Crippen molar-refractivity contribution in [3.05, 3.63) is 59.2 Å². The van der Waals surface area contributed by atoms with Crippen LogP contribution in [0.2, 0.25) is 0 Å². The van der Waals surface area contributed by atoms with Crippen LogP contribution in [0.25, 0.3) is 0 Å². The number of methoxy groups -OCH3 is 2. The van der Waals surface area contributed by atoms with Crippen LogP contribution in [0, 0.1) is 6.92 Å². The maximum absolute atomic E-state index is 12.8. The minimum Gasteiger partial charge on any atom is -0.493 e. The zero-order valence-corrected chi connectivity index (χ0v) is 17.9. The van der Waals surface area contributed by atoms with Crippen LogP contribution in [0.5, 0.6) is 11.5 Å². The first-order valence-corrected chi connectivity index (χ1v) is 10.2. The van der Waals surface area contributed by atoms with Crippen molar-refractivity contribution in [3.63, 3.8) is 0 Å². The summed E-state index contributed by atoms with van der Waals surface area (Å²) >= 11 is 0. The van der Waals surface area contributed by atoms with Gasteiger partial charge in [-0.25, -0.2) is 0 Å². The molecule has 160 valence electrons. The number of rotatable bonds is 6. The number of hydrogen-bond donors (Lipinski definition) is 1. The molecule has 3 unspecified atom stereocenters. The zero-order chi connectivity index (χ0) is 21.7. The number of amides is 1. The minimum absolute atomic E-state index is 0.0164. The van der Waals surface area contributed by atoms with E-state index in [2.05, 4.69) is 5.32 Å². The monoisotopic (exact) mass is 411 g/mol. The fraction of sp³-hybridized carbons (Fsp3) is 0.417. The van der Waals surface area contributed by atoms with E-state index < -0.39 is 0 Å². The van der Waals surface area contributed by atoms with Crippen LogP contribution in [0.15, 0.2) is 42.5 Å². The molecule has 0 heterocycles. The van der Waals surface area contributed by atoms with Crippen LogP contribution in [-0.2, 0) is 9.53 Å². The highest BCUT2D eigenvalue weighted by Gasteiger charge is 2.34. The van der Waals surface area contributed by atoms with Crippen LogP contribution >= 0.6 is 0 Å². The average molecular weight is 411 g/mol. The fourth-order valence-corrected chi connectivity index (χ4v) is 4.05. The Bertz CT molecular complexity index is 893. The zero-order valence-electron chi connectivity index (χ0n) is 17.9. The van der Waals surface area contributed by atoms with Gasteiger partial charge in [-0.3, -0.25) is 9.59 Å². The van der Waals surface area contributed by atoms with Gasteiger partial charge in [0.05, 0.1) is 14.2 Å². The lowest BCUT2D eigenvalue weighted by Gasteiger charge is -2.36. The molecule has 1 aliphatic carbocycles. The molecule has 0 radical (unpaired) electrons. The Hall–Kier alpha value is -3.02. The van der Waals surface area contributed by atoms with Gasteiger partial charge in [0.25, 0.3) is 5.91 Å². The molecule has 3 rings (SSSR count). The van der Waals surface area contributed by atoms with E-state index in [9.17, 15) is 9.59 Å². The lowest BCUT2D eigenvalue weighted by molar-refractivity contribution is -0.148. The first-order chi connectivity index (χ1) is 14.4.